The number of halogens is 1. The molecule has 6 heterocycles. The van der Waals surface area contributed by atoms with E-state index in [4.69, 9.17) is 14.7 Å². The molecule has 0 unspecified atom stereocenters. The predicted molar refractivity (Wildman–Crippen MR) is 248 cm³/mol. The highest BCUT2D eigenvalue weighted by Crippen LogP contribution is 2.21. The molecule has 0 fully saturated rings. The Labute approximate surface area is 390 Å². The molecule has 0 bridgehead atoms. The Balaban J connectivity index is 0.000000153. The molecule has 0 radical (unpaired) electrons. The predicted octanol–water partition coefficient (Wildman–Crippen LogP) is 6.57. The summed E-state index contributed by atoms with van der Waals surface area (Å²) in [5.41, 5.74) is 7.76. The lowest BCUT2D eigenvalue weighted by Gasteiger charge is -2.28. The van der Waals surface area contributed by atoms with E-state index in [1.54, 1.807) is 69.0 Å². The van der Waals surface area contributed by atoms with Gasteiger partial charge in [-0.3, -0.25) is 24.4 Å². The van der Waals surface area contributed by atoms with Crippen LogP contribution in [-0.4, -0.2) is 97.1 Å². The Morgan fingerprint density at radius 3 is 1.41 bits per heavy atom. The molecule has 3 aromatic carbocycles. The van der Waals surface area contributed by atoms with Gasteiger partial charge in [-0.1, -0.05) is 107 Å². The summed E-state index contributed by atoms with van der Waals surface area (Å²) in [6, 6.07) is 34.6. The van der Waals surface area contributed by atoms with Crippen LogP contribution < -0.4 is 10.8 Å². The van der Waals surface area contributed by atoms with Gasteiger partial charge in [0, 0.05) is 76.3 Å². The number of rotatable bonds is 10. The Kier molecular flexibility index (Phi) is 17.3. The van der Waals surface area contributed by atoms with Gasteiger partial charge in [0.05, 0.1) is 29.9 Å². The average molecular weight is 963 g/mol. The normalized spacial score (nSPS) is 13.4. The van der Waals surface area contributed by atoms with Crippen molar-refractivity contribution in [1.82, 2.24) is 34.3 Å². The number of benzene rings is 3. The fraction of sp³-hybridized carbons (Fsp3) is 0.265. The summed E-state index contributed by atoms with van der Waals surface area (Å²) < 4.78 is 15.2. The number of carbonyl (C=O) groups excluding carboxylic acids is 6. The zero-order valence-electron chi connectivity index (χ0n) is 36.7. The third kappa shape index (κ3) is 12.5. The van der Waals surface area contributed by atoms with E-state index in [-0.39, 0.29) is 35.2 Å². The van der Waals surface area contributed by atoms with E-state index < -0.39 is 5.91 Å². The molecule has 9 rings (SSSR count). The third-order valence-corrected chi connectivity index (χ3v) is 11.3. The van der Waals surface area contributed by atoms with Crippen LogP contribution in [-0.2, 0) is 47.5 Å². The SMILES string of the molecule is BrCc1ccccc1.CCOC(=O)c1cc2n(c1)CCN(Cc1ccccc1)C2=O.CCOC(=O)c1cc2n(c1)CCNC2=O.O=C(NO)c1cc2n(c1)CCN(Cc1ccccc1)C2=O. The van der Waals surface area contributed by atoms with Gasteiger partial charge in [-0.15, -0.1) is 0 Å². The molecular weight excluding hydrogens is 910 g/mol. The fourth-order valence-electron chi connectivity index (χ4n) is 7.32. The number of hydrogen-bond acceptors (Lipinski definition) is 9. The number of esters is 2. The maximum absolute atomic E-state index is 12.6. The molecule has 16 nitrogen and oxygen atoms in total. The number of nitrogens with one attached hydrogen (secondary N) is 2. The maximum Gasteiger partial charge on any atom is 0.339 e. The summed E-state index contributed by atoms with van der Waals surface area (Å²) in [7, 11) is 0. The highest BCUT2D eigenvalue weighted by atomic mass is 79.9. The molecule has 66 heavy (non-hydrogen) atoms. The van der Waals surface area contributed by atoms with Gasteiger partial charge in [-0.25, -0.2) is 15.1 Å². The monoisotopic (exact) mass is 961 g/mol. The van der Waals surface area contributed by atoms with Crippen LogP contribution in [0, 0.1) is 0 Å². The van der Waals surface area contributed by atoms with Crippen molar-refractivity contribution in [2.24, 2.45) is 0 Å². The first-order chi connectivity index (χ1) is 32.0. The first-order valence-corrected chi connectivity index (χ1v) is 22.6. The molecule has 3 aliphatic heterocycles. The zero-order valence-corrected chi connectivity index (χ0v) is 38.3. The Morgan fingerprint density at radius 2 is 1.00 bits per heavy atom. The zero-order chi connectivity index (χ0) is 47.0. The molecule has 3 N–H and O–H groups in total. The van der Waals surface area contributed by atoms with Crippen LogP contribution in [0.1, 0.15) is 93.1 Å². The summed E-state index contributed by atoms with van der Waals surface area (Å²) >= 11 is 3.36. The minimum absolute atomic E-state index is 0.0503. The van der Waals surface area contributed by atoms with Crippen LogP contribution in [0.15, 0.2) is 128 Å². The molecule has 6 aromatic rings. The smallest absolute Gasteiger partial charge is 0.339 e. The van der Waals surface area contributed by atoms with Crippen LogP contribution >= 0.6 is 15.9 Å². The summed E-state index contributed by atoms with van der Waals surface area (Å²) in [5, 5.41) is 12.3. The number of fused-ring (bicyclic) bond motifs is 3. The Bertz CT molecular complexity index is 2610. The molecule has 0 saturated carbocycles. The lowest BCUT2D eigenvalue weighted by atomic mass is 10.2. The van der Waals surface area contributed by atoms with E-state index >= 15 is 0 Å². The number of hydroxylamine groups is 1. The number of aromatic nitrogens is 3. The molecule has 4 amide bonds. The van der Waals surface area contributed by atoms with Gasteiger partial charge in [0.15, 0.2) is 0 Å². The summed E-state index contributed by atoms with van der Waals surface area (Å²) in [5.74, 6) is -1.68. The second-order valence-corrected chi connectivity index (χ2v) is 15.7. The minimum Gasteiger partial charge on any atom is -0.462 e. The Hall–Kier alpha value is -7.24. The fourth-order valence-corrected chi connectivity index (χ4v) is 7.69. The second-order valence-electron chi connectivity index (χ2n) is 15.1. The van der Waals surface area contributed by atoms with E-state index in [2.05, 4.69) is 33.4 Å². The van der Waals surface area contributed by atoms with Gasteiger partial charge < -0.3 is 38.3 Å². The standard InChI is InChI=1S/C17H18N2O3.C15H15N3O3.C10H12N2O3.C7H7Br/c1-2-22-17(21)14-10-15-16(20)19(9-8-18(15)12-14)11-13-6-4-3-5-7-13;19-14(16-21)12-8-13-15(20)18(7-6-17(13)10-12)9-11-4-2-1-3-5-11;1-2-15-10(14)7-5-8-9(13)11-3-4-12(8)6-7;8-6-7-4-2-1-3-5-7/h3-7,10,12H,2,8-9,11H2,1H3;1-5,8,10,21H,6-7,9H2,(H,16,19);5-6H,2-4H2,1H3,(H,11,13);1-5H,6H2. The molecule has 0 aliphatic carbocycles. The molecular formula is C49H52BrN7O9. The largest absolute Gasteiger partial charge is 0.462 e. The first-order valence-electron chi connectivity index (χ1n) is 21.5. The molecule has 0 saturated heterocycles. The third-order valence-electron chi connectivity index (χ3n) is 10.6. The highest BCUT2D eigenvalue weighted by molar-refractivity contribution is 9.08. The van der Waals surface area contributed by atoms with Crippen molar-refractivity contribution < 1.29 is 43.4 Å². The number of alkyl halides is 1. The van der Waals surface area contributed by atoms with Crippen LogP contribution in [0.5, 0.6) is 0 Å². The average Bonchev–Trinajstić information content (AvgIpc) is 4.12. The molecule has 3 aliphatic rings. The number of amides is 4. The second kappa shape index (κ2) is 23.6. The molecule has 344 valence electrons. The molecule has 0 atom stereocenters. The molecule has 0 spiro atoms. The van der Waals surface area contributed by atoms with Crippen LogP contribution in [0.4, 0.5) is 0 Å². The number of hydrogen-bond donors (Lipinski definition) is 3. The van der Waals surface area contributed by atoms with Crippen molar-refractivity contribution in [1.29, 1.82) is 0 Å². The van der Waals surface area contributed by atoms with Crippen molar-refractivity contribution in [2.45, 2.75) is 51.9 Å². The number of carbonyl (C=O) groups is 6. The van der Waals surface area contributed by atoms with Gasteiger partial charge in [0.25, 0.3) is 23.6 Å². The van der Waals surface area contributed by atoms with Crippen LogP contribution in [0.3, 0.4) is 0 Å². The van der Waals surface area contributed by atoms with Crippen molar-refractivity contribution in [3.8, 4) is 0 Å². The number of nitrogens with zero attached hydrogens (tertiary/aromatic N) is 5. The Morgan fingerprint density at radius 1 is 0.591 bits per heavy atom. The lowest BCUT2D eigenvalue weighted by molar-refractivity contribution is 0.0516. The van der Waals surface area contributed by atoms with E-state index in [0.717, 1.165) is 16.5 Å². The minimum atomic E-state index is -0.612. The van der Waals surface area contributed by atoms with E-state index in [1.807, 2.05) is 83.4 Å². The maximum atomic E-state index is 12.6. The van der Waals surface area contributed by atoms with Gasteiger partial charge in [0.2, 0.25) is 0 Å². The summed E-state index contributed by atoms with van der Waals surface area (Å²) in [6.07, 6.45) is 4.94. The quantitative estimate of drug-likeness (QED) is 0.0591. The van der Waals surface area contributed by atoms with Crippen LogP contribution in [0.25, 0.3) is 0 Å². The van der Waals surface area contributed by atoms with E-state index in [0.29, 0.717) is 93.8 Å². The number of ether oxygens (including phenoxy) is 2. The van der Waals surface area contributed by atoms with Gasteiger partial charge in [0.1, 0.15) is 17.1 Å². The summed E-state index contributed by atoms with van der Waals surface area (Å²) in [4.78, 5) is 74.6. The van der Waals surface area contributed by atoms with Crippen molar-refractivity contribution in [2.75, 3.05) is 32.8 Å². The topological polar surface area (TPSA) is 186 Å². The van der Waals surface area contributed by atoms with Gasteiger partial charge >= 0.3 is 11.9 Å². The van der Waals surface area contributed by atoms with Crippen LogP contribution in [0.2, 0.25) is 0 Å². The summed E-state index contributed by atoms with van der Waals surface area (Å²) in [6.45, 7) is 9.16. The highest BCUT2D eigenvalue weighted by Gasteiger charge is 2.28. The van der Waals surface area contributed by atoms with Crippen molar-refractivity contribution in [3.05, 3.63) is 178 Å². The van der Waals surface area contributed by atoms with E-state index in [1.165, 1.54) is 11.6 Å². The lowest BCUT2D eigenvalue weighted by Crippen LogP contribution is -2.39. The van der Waals surface area contributed by atoms with E-state index in [9.17, 15) is 28.8 Å². The first kappa shape index (κ1) is 48.2. The molecule has 17 heteroatoms. The van der Waals surface area contributed by atoms with Gasteiger partial charge in [-0.05, 0) is 48.7 Å². The van der Waals surface area contributed by atoms with Crippen molar-refractivity contribution in [3.63, 3.8) is 0 Å². The van der Waals surface area contributed by atoms with Crippen molar-refractivity contribution >= 4 is 51.5 Å². The van der Waals surface area contributed by atoms with Gasteiger partial charge in [-0.2, -0.15) is 0 Å². The molecule has 3 aromatic heterocycles.